The molecule has 16 heavy (non-hydrogen) atoms. The van der Waals surface area contributed by atoms with Gasteiger partial charge in [-0.05, 0) is 31.5 Å². The first kappa shape index (κ1) is 12.3. The lowest BCUT2D eigenvalue weighted by atomic mass is 10.2. The molecule has 5 heteroatoms. The Balaban J connectivity index is 2.92. The van der Waals surface area contributed by atoms with E-state index in [-0.39, 0.29) is 17.7 Å². The predicted octanol–water partition coefficient (Wildman–Crippen LogP) is 2.10. The van der Waals surface area contributed by atoms with Crippen molar-refractivity contribution in [2.24, 2.45) is 10.9 Å². The van der Waals surface area contributed by atoms with Crippen LogP contribution < -0.4 is 10.5 Å². The smallest absolute Gasteiger partial charge is 0.170 e. The molecule has 0 bridgehead atoms. The van der Waals surface area contributed by atoms with Crippen molar-refractivity contribution in [1.82, 2.24) is 0 Å². The van der Waals surface area contributed by atoms with Crippen LogP contribution in [0.5, 0.6) is 5.75 Å². The normalized spacial score (nSPS) is 13.6. The Labute approximate surface area is 93.5 Å². The van der Waals surface area contributed by atoms with Crippen LogP contribution in [-0.4, -0.2) is 17.1 Å². The molecule has 0 aliphatic heterocycles. The Kier molecular flexibility index (Phi) is 4.10. The van der Waals surface area contributed by atoms with Gasteiger partial charge in [0.05, 0.1) is 6.10 Å². The Morgan fingerprint density at radius 1 is 1.62 bits per heavy atom. The first-order chi connectivity index (χ1) is 7.58. The van der Waals surface area contributed by atoms with E-state index < -0.39 is 5.82 Å². The number of nitrogens with two attached hydrogens (primary N) is 1. The van der Waals surface area contributed by atoms with Gasteiger partial charge in [0.15, 0.2) is 17.4 Å². The second-order valence-corrected chi connectivity index (χ2v) is 3.47. The predicted molar refractivity (Wildman–Crippen MR) is 59.3 cm³/mol. The lowest BCUT2D eigenvalue weighted by Gasteiger charge is -2.13. The highest BCUT2D eigenvalue weighted by Crippen LogP contribution is 2.20. The highest BCUT2D eigenvalue weighted by Gasteiger charge is 2.09. The molecule has 0 amide bonds. The summed E-state index contributed by atoms with van der Waals surface area (Å²) < 4.78 is 18.9. The summed E-state index contributed by atoms with van der Waals surface area (Å²) in [5, 5.41) is 11.2. The molecule has 0 aromatic heterocycles. The fourth-order valence-corrected chi connectivity index (χ4v) is 1.11. The summed E-state index contributed by atoms with van der Waals surface area (Å²) >= 11 is 0. The number of nitrogens with zero attached hydrogens (tertiary/aromatic N) is 1. The molecule has 0 saturated carbocycles. The second kappa shape index (κ2) is 5.34. The molecular formula is C11H15FN2O2. The van der Waals surface area contributed by atoms with Crippen LogP contribution in [0.2, 0.25) is 0 Å². The molecule has 0 heterocycles. The van der Waals surface area contributed by atoms with E-state index in [2.05, 4.69) is 5.16 Å². The second-order valence-electron chi connectivity index (χ2n) is 3.47. The number of hydrogen-bond acceptors (Lipinski definition) is 3. The van der Waals surface area contributed by atoms with E-state index in [1.807, 2.05) is 13.8 Å². The first-order valence-electron chi connectivity index (χ1n) is 5.02. The maximum atomic E-state index is 13.5. The molecule has 1 aromatic carbocycles. The van der Waals surface area contributed by atoms with Gasteiger partial charge >= 0.3 is 0 Å². The number of benzene rings is 1. The molecule has 88 valence electrons. The van der Waals surface area contributed by atoms with E-state index in [1.54, 1.807) is 0 Å². The van der Waals surface area contributed by atoms with Gasteiger partial charge < -0.3 is 15.7 Å². The highest BCUT2D eigenvalue weighted by atomic mass is 19.1. The Morgan fingerprint density at radius 2 is 2.31 bits per heavy atom. The van der Waals surface area contributed by atoms with E-state index in [4.69, 9.17) is 15.7 Å². The average molecular weight is 226 g/mol. The van der Waals surface area contributed by atoms with Crippen LogP contribution >= 0.6 is 0 Å². The zero-order valence-electron chi connectivity index (χ0n) is 9.27. The summed E-state index contributed by atoms with van der Waals surface area (Å²) in [6, 6.07) is 4.18. The topological polar surface area (TPSA) is 67.8 Å². The van der Waals surface area contributed by atoms with E-state index in [0.29, 0.717) is 5.56 Å². The Bertz CT molecular complexity index is 394. The third-order valence-electron chi connectivity index (χ3n) is 2.24. The van der Waals surface area contributed by atoms with Gasteiger partial charge in [0.25, 0.3) is 0 Å². The van der Waals surface area contributed by atoms with Gasteiger partial charge in [0.2, 0.25) is 0 Å². The molecule has 0 radical (unpaired) electrons. The molecule has 0 saturated heterocycles. The molecule has 1 atom stereocenters. The maximum Gasteiger partial charge on any atom is 0.170 e. The largest absolute Gasteiger partial charge is 0.488 e. The number of rotatable bonds is 4. The van der Waals surface area contributed by atoms with Gasteiger partial charge in [-0.25, -0.2) is 4.39 Å². The minimum Gasteiger partial charge on any atom is -0.488 e. The molecule has 4 nitrogen and oxygen atoms in total. The zero-order chi connectivity index (χ0) is 12.1. The zero-order valence-corrected chi connectivity index (χ0v) is 9.27. The molecule has 1 rings (SSSR count). The summed E-state index contributed by atoms with van der Waals surface area (Å²) in [5.74, 6) is -0.484. The highest BCUT2D eigenvalue weighted by molar-refractivity contribution is 5.97. The van der Waals surface area contributed by atoms with Gasteiger partial charge in [-0.15, -0.1) is 0 Å². The number of oxime groups is 1. The van der Waals surface area contributed by atoms with Crippen LogP contribution in [0.3, 0.4) is 0 Å². The molecule has 0 aliphatic rings. The van der Waals surface area contributed by atoms with Gasteiger partial charge in [0, 0.05) is 5.56 Å². The van der Waals surface area contributed by atoms with Crippen molar-refractivity contribution in [1.29, 1.82) is 0 Å². The Hall–Kier alpha value is -1.78. The SMILES string of the molecule is CCC(C)Oc1ccc(C(N)=NO)cc1F. The van der Waals surface area contributed by atoms with E-state index in [1.165, 1.54) is 18.2 Å². The molecule has 0 fully saturated rings. The first-order valence-corrected chi connectivity index (χ1v) is 5.02. The van der Waals surface area contributed by atoms with Crippen molar-refractivity contribution in [2.45, 2.75) is 26.4 Å². The van der Waals surface area contributed by atoms with Crippen molar-refractivity contribution in [3.8, 4) is 5.75 Å². The van der Waals surface area contributed by atoms with E-state index in [0.717, 1.165) is 6.42 Å². The lowest BCUT2D eigenvalue weighted by molar-refractivity contribution is 0.208. The summed E-state index contributed by atoms with van der Waals surface area (Å²) in [6.45, 7) is 3.81. The molecule has 3 N–H and O–H groups in total. The molecule has 1 aromatic rings. The van der Waals surface area contributed by atoms with Crippen LogP contribution in [0.4, 0.5) is 4.39 Å². The average Bonchev–Trinajstić information content (AvgIpc) is 2.30. The number of halogens is 1. The van der Waals surface area contributed by atoms with Crippen LogP contribution in [0, 0.1) is 5.82 Å². The van der Waals surface area contributed by atoms with Crippen molar-refractivity contribution < 1.29 is 14.3 Å². The number of ether oxygens (including phenoxy) is 1. The fraction of sp³-hybridized carbons (Fsp3) is 0.364. The minimum absolute atomic E-state index is 0.0517. The van der Waals surface area contributed by atoms with Crippen LogP contribution in [0.25, 0.3) is 0 Å². The van der Waals surface area contributed by atoms with Gasteiger partial charge in [-0.1, -0.05) is 12.1 Å². The molecular weight excluding hydrogens is 211 g/mol. The van der Waals surface area contributed by atoms with Crippen LogP contribution in [-0.2, 0) is 0 Å². The quantitative estimate of drug-likeness (QED) is 0.357. The van der Waals surface area contributed by atoms with Gasteiger partial charge in [-0.2, -0.15) is 0 Å². The molecule has 1 unspecified atom stereocenters. The monoisotopic (exact) mass is 226 g/mol. The summed E-state index contributed by atoms with van der Waals surface area (Å²) in [5.41, 5.74) is 5.65. The fourth-order valence-electron chi connectivity index (χ4n) is 1.11. The maximum absolute atomic E-state index is 13.5. The lowest BCUT2D eigenvalue weighted by Crippen LogP contribution is -2.14. The van der Waals surface area contributed by atoms with Crippen LogP contribution in [0.15, 0.2) is 23.4 Å². The molecule has 0 spiro atoms. The number of amidine groups is 1. The van der Waals surface area contributed by atoms with Gasteiger partial charge in [0.1, 0.15) is 0 Å². The summed E-state index contributed by atoms with van der Waals surface area (Å²) in [7, 11) is 0. The summed E-state index contributed by atoms with van der Waals surface area (Å²) in [4.78, 5) is 0. The third kappa shape index (κ3) is 2.85. The van der Waals surface area contributed by atoms with E-state index in [9.17, 15) is 4.39 Å². The van der Waals surface area contributed by atoms with Crippen molar-refractivity contribution in [3.05, 3.63) is 29.6 Å². The minimum atomic E-state index is -0.524. The van der Waals surface area contributed by atoms with Gasteiger partial charge in [-0.3, -0.25) is 0 Å². The van der Waals surface area contributed by atoms with Crippen LogP contribution in [0.1, 0.15) is 25.8 Å². The van der Waals surface area contributed by atoms with Crippen molar-refractivity contribution >= 4 is 5.84 Å². The van der Waals surface area contributed by atoms with E-state index >= 15 is 0 Å². The standard InChI is InChI=1S/C11H15FN2O2/c1-3-7(2)16-10-5-4-8(6-9(10)12)11(13)14-15/h4-7,15H,3H2,1-2H3,(H2,13,14). The molecule has 0 aliphatic carbocycles. The van der Waals surface area contributed by atoms with Crippen molar-refractivity contribution in [2.75, 3.05) is 0 Å². The Morgan fingerprint density at radius 3 is 2.81 bits per heavy atom. The third-order valence-corrected chi connectivity index (χ3v) is 2.24. The van der Waals surface area contributed by atoms with Crippen molar-refractivity contribution in [3.63, 3.8) is 0 Å². The summed E-state index contributed by atoms with van der Waals surface area (Å²) in [6.07, 6.45) is 0.741. The number of hydrogen-bond donors (Lipinski definition) is 2.